The predicted octanol–water partition coefficient (Wildman–Crippen LogP) is 1.10. The van der Waals surface area contributed by atoms with Crippen molar-refractivity contribution in [1.29, 1.82) is 0 Å². The van der Waals surface area contributed by atoms with Crippen LogP contribution in [-0.2, 0) is 9.53 Å². The molecule has 0 aromatic carbocycles. The van der Waals surface area contributed by atoms with Gasteiger partial charge in [0.2, 0.25) is 0 Å². The molecule has 0 aromatic heterocycles. The van der Waals surface area contributed by atoms with Crippen molar-refractivity contribution in [2.75, 3.05) is 26.8 Å². The van der Waals surface area contributed by atoms with Gasteiger partial charge in [-0.3, -0.25) is 0 Å². The Hall–Kier alpha value is -0.870. The molecule has 0 aromatic rings. The zero-order valence-electron chi connectivity index (χ0n) is 10.5. The Kier molecular flexibility index (Phi) is 8.85. The number of nitrogens with one attached hydrogen (secondary N) is 1. The molecule has 2 N–H and O–H groups in total. The highest BCUT2D eigenvalue weighted by molar-refractivity contribution is 5.87. The molecule has 1 atom stereocenters. The van der Waals surface area contributed by atoms with Crippen LogP contribution >= 0.6 is 0 Å². The van der Waals surface area contributed by atoms with Crippen molar-refractivity contribution in [2.24, 2.45) is 5.92 Å². The second kappa shape index (κ2) is 9.36. The van der Waals surface area contributed by atoms with E-state index in [1.807, 2.05) is 6.08 Å². The van der Waals surface area contributed by atoms with E-state index in [4.69, 9.17) is 5.11 Å². The van der Waals surface area contributed by atoms with E-state index in [1.165, 1.54) is 7.11 Å². The molecular weight excluding hydrogens is 206 g/mol. The van der Waals surface area contributed by atoms with E-state index in [9.17, 15) is 4.79 Å². The molecule has 0 heterocycles. The summed E-state index contributed by atoms with van der Waals surface area (Å²) >= 11 is 0. The van der Waals surface area contributed by atoms with Crippen molar-refractivity contribution >= 4 is 5.97 Å². The number of hydrogen-bond acceptors (Lipinski definition) is 4. The Labute approximate surface area is 97.7 Å². The van der Waals surface area contributed by atoms with Gasteiger partial charge in [-0.05, 0) is 25.8 Å². The van der Waals surface area contributed by atoms with Crippen LogP contribution in [0.15, 0.2) is 11.6 Å². The molecule has 0 amide bonds. The van der Waals surface area contributed by atoms with Crippen molar-refractivity contribution < 1.29 is 14.6 Å². The summed E-state index contributed by atoms with van der Waals surface area (Å²) in [6.07, 6.45) is 3.69. The number of carbonyl (C=O) groups excluding carboxylic acids is 1. The van der Waals surface area contributed by atoms with Crippen molar-refractivity contribution in [1.82, 2.24) is 5.32 Å². The lowest BCUT2D eigenvalue weighted by Crippen LogP contribution is -2.23. The molecule has 0 aliphatic rings. The van der Waals surface area contributed by atoms with E-state index < -0.39 is 0 Å². The topological polar surface area (TPSA) is 58.6 Å². The van der Waals surface area contributed by atoms with Crippen LogP contribution in [0.25, 0.3) is 0 Å². The fraction of sp³-hybridized carbons (Fsp3) is 0.750. The molecule has 16 heavy (non-hydrogen) atoms. The fourth-order valence-electron chi connectivity index (χ4n) is 1.39. The second-order valence-corrected chi connectivity index (χ2v) is 3.82. The van der Waals surface area contributed by atoms with Crippen LogP contribution in [0.5, 0.6) is 0 Å². The van der Waals surface area contributed by atoms with Crippen LogP contribution in [0.2, 0.25) is 0 Å². The molecule has 94 valence electrons. The number of methoxy groups -OCH3 is 1. The van der Waals surface area contributed by atoms with Gasteiger partial charge < -0.3 is 15.2 Å². The summed E-state index contributed by atoms with van der Waals surface area (Å²) in [5, 5.41) is 12.1. The number of aliphatic hydroxyl groups excluding tert-OH is 1. The number of hydrogen-bond donors (Lipinski definition) is 2. The maximum atomic E-state index is 11.0. The van der Waals surface area contributed by atoms with E-state index in [0.717, 1.165) is 19.4 Å². The standard InChI is InChI=1S/C12H23NO3/c1-4-11(6-8-14)9-13-7-5-10(2)12(15)16-3/h5,11,13-14H,4,6-9H2,1-3H3/b10-5-. The van der Waals surface area contributed by atoms with E-state index >= 15 is 0 Å². The van der Waals surface area contributed by atoms with Crippen molar-refractivity contribution in [3.8, 4) is 0 Å². The highest BCUT2D eigenvalue weighted by Gasteiger charge is 2.05. The summed E-state index contributed by atoms with van der Waals surface area (Å²) in [5.74, 6) is 0.209. The van der Waals surface area contributed by atoms with Gasteiger partial charge in [0.25, 0.3) is 0 Å². The molecule has 1 unspecified atom stereocenters. The molecule has 0 bridgehead atoms. The van der Waals surface area contributed by atoms with Gasteiger partial charge in [0.15, 0.2) is 0 Å². The lowest BCUT2D eigenvalue weighted by atomic mass is 10.0. The lowest BCUT2D eigenvalue weighted by molar-refractivity contribution is -0.136. The number of rotatable bonds is 8. The van der Waals surface area contributed by atoms with Crippen molar-refractivity contribution in [3.63, 3.8) is 0 Å². The first kappa shape index (κ1) is 15.1. The average Bonchev–Trinajstić information content (AvgIpc) is 2.31. The third-order valence-electron chi connectivity index (χ3n) is 2.61. The smallest absolute Gasteiger partial charge is 0.333 e. The summed E-state index contributed by atoms with van der Waals surface area (Å²) in [6, 6.07) is 0. The van der Waals surface area contributed by atoms with E-state index in [1.54, 1.807) is 6.92 Å². The first-order valence-electron chi connectivity index (χ1n) is 5.72. The number of carbonyl (C=O) groups is 1. The lowest BCUT2D eigenvalue weighted by Gasteiger charge is -2.13. The largest absolute Gasteiger partial charge is 0.466 e. The SMILES string of the molecule is CCC(CCO)CNC/C=C(/C)C(=O)OC. The highest BCUT2D eigenvalue weighted by Crippen LogP contribution is 2.05. The quantitative estimate of drug-likeness (QED) is 0.372. The Morgan fingerprint density at radius 3 is 2.75 bits per heavy atom. The van der Waals surface area contributed by atoms with Gasteiger partial charge >= 0.3 is 5.97 Å². The molecule has 4 nitrogen and oxygen atoms in total. The minimum atomic E-state index is -0.288. The van der Waals surface area contributed by atoms with Crippen LogP contribution < -0.4 is 5.32 Å². The first-order valence-corrected chi connectivity index (χ1v) is 5.72. The molecular formula is C12H23NO3. The minimum Gasteiger partial charge on any atom is -0.466 e. The third-order valence-corrected chi connectivity index (χ3v) is 2.61. The summed E-state index contributed by atoms with van der Waals surface area (Å²) in [7, 11) is 1.38. The second-order valence-electron chi connectivity index (χ2n) is 3.82. The zero-order valence-corrected chi connectivity index (χ0v) is 10.5. The van der Waals surface area contributed by atoms with Gasteiger partial charge in [0.1, 0.15) is 0 Å². The molecule has 0 saturated heterocycles. The van der Waals surface area contributed by atoms with Gasteiger partial charge in [-0.15, -0.1) is 0 Å². The van der Waals surface area contributed by atoms with E-state index in [0.29, 0.717) is 18.0 Å². The molecule has 0 fully saturated rings. The maximum Gasteiger partial charge on any atom is 0.333 e. The van der Waals surface area contributed by atoms with E-state index in [-0.39, 0.29) is 12.6 Å². The monoisotopic (exact) mass is 229 g/mol. The van der Waals surface area contributed by atoms with Gasteiger partial charge in [-0.1, -0.05) is 19.4 Å². The zero-order chi connectivity index (χ0) is 12.4. The minimum absolute atomic E-state index is 0.233. The summed E-state index contributed by atoms with van der Waals surface area (Å²) < 4.78 is 4.58. The predicted molar refractivity (Wildman–Crippen MR) is 64.1 cm³/mol. The summed E-state index contributed by atoms with van der Waals surface area (Å²) in [6.45, 7) is 5.60. The highest BCUT2D eigenvalue weighted by atomic mass is 16.5. The van der Waals surface area contributed by atoms with Crippen LogP contribution in [0.1, 0.15) is 26.7 Å². The van der Waals surface area contributed by atoms with Gasteiger partial charge in [-0.25, -0.2) is 4.79 Å². The molecule has 0 rings (SSSR count). The summed E-state index contributed by atoms with van der Waals surface area (Å²) in [5.41, 5.74) is 0.616. The first-order chi connectivity index (χ1) is 7.65. The Bertz CT molecular complexity index is 226. The normalized spacial score (nSPS) is 13.6. The average molecular weight is 229 g/mol. The van der Waals surface area contributed by atoms with Crippen LogP contribution in [0, 0.1) is 5.92 Å². The van der Waals surface area contributed by atoms with Crippen molar-refractivity contribution in [3.05, 3.63) is 11.6 Å². The van der Waals surface area contributed by atoms with Gasteiger partial charge in [0.05, 0.1) is 7.11 Å². The number of ether oxygens (including phenoxy) is 1. The molecule has 0 saturated carbocycles. The maximum absolute atomic E-state index is 11.0. The molecule has 4 heteroatoms. The Morgan fingerprint density at radius 1 is 1.56 bits per heavy atom. The summed E-state index contributed by atoms with van der Waals surface area (Å²) in [4.78, 5) is 11.0. The van der Waals surface area contributed by atoms with E-state index in [2.05, 4.69) is 17.0 Å². The number of esters is 1. The van der Waals surface area contributed by atoms with Crippen LogP contribution in [0.4, 0.5) is 0 Å². The van der Waals surface area contributed by atoms with Crippen LogP contribution in [-0.4, -0.2) is 37.9 Å². The Morgan fingerprint density at radius 2 is 2.25 bits per heavy atom. The molecule has 0 aliphatic carbocycles. The molecule has 0 spiro atoms. The number of aliphatic hydroxyl groups is 1. The Balaban J connectivity index is 3.76. The van der Waals surface area contributed by atoms with Crippen molar-refractivity contribution in [2.45, 2.75) is 26.7 Å². The molecule has 0 aliphatic heterocycles. The van der Waals surface area contributed by atoms with Gasteiger partial charge in [0, 0.05) is 18.7 Å². The third kappa shape index (κ3) is 6.58. The van der Waals surface area contributed by atoms with Gasteiger partial charge in [-0.2, -0.15) is 0 Å². The fourth-order valence-corrected chi connectivity index (χ4v) is 1.39. The molecule has 0 radical (unpaired) electrons. The van der Waals surface area contributed by atoms with Crippen LogP contribution in [0.3, 0.4) is 0 Å².